The van der Waals surface area contributed by atoms with Crippen molar-refractivity contribution in [3.8, 4) is 0 Å². The summed E-state index contributed by atoms with van der Waals surface area (Å²) in [5.74, 6) is 0. The first-order valence-corrected chi connectivity index (χ1v) is 0. The van der Waals surface area contributed by atoms with Gasteiger partial charge in [-0.25, -0.2) is 0 Å². The van der Waals surface area contributed by atoms with Crippen molar-refractivity contribution in [2.75, 3.05) is 0 Å². The minimum absolute atomic E-state index is 0. The summed E-state index contributed by atoms with van der Waals surface area (Å²) >= 11 is 0. The van der Waals surface area contributed by atoms with Crippen LogP contribution in [0.4, 0.5) is 0 Å². The van der Waals surface area contributed by atoms with E-state index in [2.05, 4.69) is 0 Å². The maximum Gasteiger partial charge on any atom is 3.00 e. The Morgan fingerprint density at radius 2 is 0.500 bits per heavy atom. The molecule has 0 aromatic heterocycles. The van der Waals surface area contributed by atoms with E-state index in [0.717, 1.165) is 0 Å². The van der Waals surface area contributed by atoms with Crippen LogP contribution in [-0.4, -0.2) is 69.4 Å². The zero-order chi connectivity index (χ0) is 0. The van der Waals surface area contributed by atoms with Gasteiger partial charge in [0.1, 0.15) is 0 Å². The van der Waals surface area contributed by atoms with Gasteiger partial charge in [0.15, 0.2) is 0 Å². The van der Waals surface area contributed by atoms with Gasteiger partial charge in [-0.15, -0.1) is 0 Å². The molecule has 0 aliphatic heterocycles. The zero-order valence-corrected chi connectivity index (χ0v) is 6.93. The van der Waals surface area contributed by atoms with Gasteiger partial charge in [-0.1, -0.05) is 0 Å². The predicted octanol–water partition coefficient (Wildman–Crippen LogP) is -0.173. The van der Waals surface area contributed by atoms with Gasteiger partial charge in [0, 0.05) is 0 Å². The molecule has 4 heavy (non-hydrogen) atoms. The Labute approximate surface area is 86.7 Å². The van der Waals surface area contributed by atoms with Gasteiger partial charge >= 0.3 is 69.4 Å². The van der Waals surface area contributed by atoms with Crippen LogP contribution in [0.3, 0.4) is 0 Å². The van der Waals surface area contributed by atoms with Gasteiger partial charge < -0.3 is 17.1 Å². The molecule has 0 unspecified atom stereocenters. The SMILES string of the molecule is [Al+3].[Al+3].[Al+3].[Al+3].[H-].[H-].[H-].[H-].[H-].[H-].[H-].[H-].[H-].[H-].[H-].[H-]. The quantitative estimate of drug-likeness (QED) is 0.389. The zero-order valence-electron chi connectivity index (χ0n) is 14.3. The molecular weight excluding hydrogens is 108 g/mol. The molecule has 0 aromatic rings. The Hall–Kier alpha value is 2.13. The van der Waals surface area contributed by atoms with Gasteiger partial charge in [0.05, 0.1) is 0 Å². The van der Waals surface area contributed by atoms with E-state index in [1.54, 1.807) is 0 Å². The third kappa shape index (κ3) is 8.92. The van der Waals surface area contributed by atoms with Crippen molar-refractivity contribution in [2.24, 2.45) is 0 Å². The third-order valence-electron chi connectivity index (χ3n) is 0. The summed E-state index contributed by atoms with van der Waals surface area (Å²) < 4.78 is 0. The van der Waals surface area contributed by atoms with Crippen LogP contribution in [0.2, 0.25) is 0 Å². The molecule has 0 N–H and O–H groups in total. The summed E-state index contributed by atoms with van der Waals surface area (Å²) in [7, 11) is 0. The van der Waals surface area contributed by atoms with Crippen LogP contribution in [0.15, 0.2) is 0 Å². The minimum atomic E-state index is 0. The normalized spacial score (nSPS) is 0. The first kappa shape index (κ1) is 35.6. The standard InChI is InChI=1S/4Al.12H/q4*+3;12*-1. The van der Waals surface area contributed by atoms with Crippen LogP contribution < -0.4 is 0 Å². The van der Waals surface area contributed by atoms with Crippen LogP contribution in [0, 0.1) is 0 Å². The maximum atomic E-state index is 0. The summed E-state index contributed by atoms with van der Waals surface area (Å²) in [6.45, 7) is 0. The molecular formula is H12Al4. The summed E-state index contributed by atoms with van der Waals surface area (Å²) in [5, 5.41) is 0. The molecule has 0 amide bonds. The largest absolute Gasteiger partial charge is 3.00 e. The van der Waals surface area contributed by atoms with Gasteiger partial charge in [0.2, 0.25) is 0 Å². The molecule has 0 aromatic carbocycles. The fraction of sp³-hybridized carbons (Fsp3) is 0. The van der Waals surface area contributed by atoms with E-state index in [-0.39, 0.29) is 86.6 Å². The predicted molar refractivity (Wildman–Crippen MR) is 36.4 cm³/mol. The average molecular weight is 120 g/mol. The van der Waals surface area contributed by atoms with Crippen molar-refractivity contribution in [2.45, 2.75) is 0 Å². The van der Waals surface area contributed by atoms with Gasteiger partial charge in [-0.3, -0.25) is 0 Å². The Morgan fingerprint density at radius 1 is 0.500 bits per heavy atom. The fourth-order valence-electron chi connectivity index (χ4n) is 0. The molecule has 0 spiro atoms. The van der Waals surface area contributed by atoms with E-state index in [4.69, 9.17) is 0 Å². The first-order chi connectivity index (χ1) is 0. The smallest absolute Gasteiger partial charge is 1.00 e. The second kappa shape index (κ2) is 19.3. The van der Waals surface area contributed by atoms with Crippen LogP contribution in [0.1, 0.15) is 17.1 Å². The molecule has 24 valence electrons. The summed E-state index contributed by atoms with van der Waals surface area (Å²) in [6, 6.07) is 0. The van der Waals surface area contributed by atoms with E-state index >= 15 is 0 Å². The third-order valence-corrected chi connectivity index (χ3v) is 0. The van der Waals surface area contributed by atoms with Crippen molar-refractivity contribution in [1.82, 2.24) is 0 Å². The molecule has 0 saturated carbocycles. The molecule has 0 saturated heterocycles. The second-order valence-corrected chi connectivity index (χ2v) is 0. The van der Waals surface area contributed by atoms with E-state index in [1.165, 1.54) is 0 Å². The Kier molecular flexibility index (Phi) is 171. The minimum Gasteiger partial charge on any atom is -1.00 e. The van der Waals surface area contributed by atoms with E-state index in [9.17, 15) is 0 Å². The molecule has 0 aliphatic rings. The van der Waals surface area contributed by atoms with Crippen LogP contribution >= 0.6 is 0 Å². The van der Waals surface area contributed by atoms with Crippen LogP contribution in [0.5, 0.6) is 0 Å². The average Bonchev–Trinajstić information content (AvgIpc) is 0. The van der Waals surface area contributed by atoms with Crippen molar-refractivity contribution in [3.63, 3.8) is 0 Å². The van der Waals surface area contributed by atoms with Gasteiger partial charge in [-0.2, -0.15) is 0 Å². The van der Waals surface area contributed by atoms with E-state index < -0.39 is 0 Å². The summed E-state index contributed by atoms with van der Waals surface area (Å²) in [5.41, 5.74) is 0. The molecule has 4 heteroatoms. The second-order valence-electron chi connectivity index (χ2n) is 0. The Balaban J connectivity index is 0. The summed E-state index contributed by atoms with van der Waals surface area (Å²) in [6.07, 6.45) is 0. The topological polar surface area (TPSA) is 0 Å². The molecule has 0 bridgehead atoms. The molecule has 0 fully saturated rings. The monoisotopic (exact) mass is 120 g/mol. The molecule has 0 nitrogen and oxygen atoms in total. The van der Waals surface area contributed by atoms with Crippen molar-refractivity contribution in [1.29, 1.82) is 0 Å². The Morgan fingerprint density at radius 3 is 0.500 bits per heavy atom. The van der Waals surface area contributed by atoms with Gasteiger partial charge in [-0.05, 0) is 0 Å². The number of hydrogen-bond acceptors (Lipinski definition) is 0. The number of rotatable bonds is 0. The molecule has 0 atom stereocenters. The molecule has 0 aliphatic carbocycles. The molecule has 0 radical (unpaired) electrons. The van der Waals surface area contributed by atoms with Crippen molar-refractivity contribution in [3.05, 3.63) is 0 Å². The Bertz CT molecular complexity index is 13.0. The van der Waals surface area contributed by atoms with Gasteiger partial charge in [0.25, 0.3) is 0 Å². The molecule has 0 rings (SSSR count). The van der Waals surface area contributed by atoms with Crippen LogP contribution in [0.25, 0.3) is 0 Å². The maximum absolute atomic E-state index is 0. The first-order valence-electron chi connectivity index (χ1n) is 0. The summed E-state index contributed by atoms with van der Waals surface area (Å²) in [4.78, 5) is 0. The molecule has 0 heterocycles. The fourth-order valence-corrected chi connectivity index (χ4v) is 0. The van der Waals surface area contributed by atoms with Crippen molar-refractivity contribution >= 4 is 69.4 Å². The van der Waals surface area contributed by atoms with Crippen molar-refractivity contribution < 1.29 is 17.1 Å². The van der Waals surface area contributed by atoms with E-state index in [1.807, 2.05) is 0 Å². The number of hydrogen-bond donors (Lipinski definition) is 0. The van der Waals surface area contributed by atoms with E-state index in [0.29, 0.717) is 0 Å². The van der Waals surface area contributed by atoms with Crippen LogP contribution in [-0.2, 0) is 0 Å².